The summed E-state index contributed by atoms with van der Waals surface area (Å²) in [5.41, 5.74) is 13.9. The normalized spacial score (nSPS) is 17.8. The van der Waals surface area contributed by atoms with Crippen LogP contribution >= 0.6 is 11.6 Å². The van der Waals surface area contributed by atoms with Gasteiger partial charge in [-0.25, -0.2) is 0 Å². The van der Waals surface area contributed by atoms with Gasteiger partial charge in [-0.05, 0) is 19.2 Å². The molecule has 1 aliphatic rings. The summed E-state index contributed by atoms with van der Waals surface area (Å²) in [6.07, 6.45) is 0. The molecule has 16 heavy (non-hydrogen) atoms. The Morgan fingerprint density at radius 3 is 2.31 bits per heavy atom. The summed E-state index contributed by atoms with van der Waals surface area (Å²) in [4.78, 5) is 4.55. The summed E-state index contributed by atoms with van der Waals surface area (Å²) < 4.78 is 0. The molecule has 1 heterocycles. The zero-order valence-electron chi connectivity index (χ0n) is 9.41. The van der Waals surface area contributed by atoms with E-state index in [9.17, 15) is 0 Å². The minimum Gasteiger partial charge on any atom is -0.396 e. The van der Waals surface area contributed by atoms with Crippen LogP contribution in [-0.2, 0) is 0 Å². The van der Waals surface area contributed by atoms with Gasteiger partial charge in [-0.1, -0.05) is 11.6 Å². The van der Waals surface area contributed by atoms with Crippen molar-refractivity contribution in [2.24, 2.45) is 0 Å². The highest BCUT2D eigenvalue weighted by atomic mass is 35.5. The number of nitrogens with two attached hydrogens (primary N) is 2. The van der Waals surface area contributed by atoms with E-state index < -0.39 is 0 Å². The molecule has 88 valence electrons. The molecule has 0 radical (unpaired) electrons. The van der Waals surface area contributed by atoms with E-state index in [1.807, 2.05) is 6.07 Å². The van der Waals surface area contributed by atoms with E-state index in [0.29, 0.717) is 16.4 Å². The molecule has 0 atom stereocenters. The predicted octanol–water partition coefficient (Wildman–Crippen LogP) is 1.26. The van der Waals surface area contributed by atoms with Gasteiger partial charge >= 0.3 is 0 Å². The van der Waals surface area contributed by atoms with Gasteiger partial charge in [-0.3, -0.25) is 0 Å². The number of halogens is 1. The van der Waals surface area contributed by atoms with Gasteiger partial charge in [-0.2, -0.15) is 0 Å². The van der Waals surface area contributed by atoms with Crippen molar-refractivity contribution in [3.8, 4) is 0 Å². The van der Waals surface area contributed by atoms with E-state index in [1.54, 1.807) is 6.07 Å². The number of nitrogen functional groups attached to an aromatic ring is 2. The lowest BCUT2D eigenvalue weighted by atomic mass is 10.2. The van der Waals surface area contributed by atoms with E-state index in [-0.39, 0.29) is 0 Å². The van der Waals surface area contributed by atoms with Crippen molar-refractivity contribution >= 4 is 28.7 Å². The van der Waals surface area contributed by atoms with Crippen LogP contribution in [0.3, 0.4) is 0 Å². The van der Waals surface area contributed by atoms with Crippen LogP contribution in [0.1, 0.15) is 0 Å². The third kappa shape index (κ3) is 2.03. The smallest absolute Gasteiger partial charge is 0.0800 e. The summed E-state index contributed by atoms with van der Waals surface area (Å²) in [5, 5.41) is 0.523. The fraction of sp³-hybridized carbons (Fsp3) is 0.455. The van der Waals surface area contributed by atoms with Crippen LogP contribution in [0.2, 0.25) is 5.02 Å². The number of benzene rings is 1. The molecule has 4 nitrogen and oxygen atoms in total. The summed E-state index contributed by atoms with van der Waals surface area (Å²) >= 11 is 5.92. The molecule has 0 unspecified atom stereocenters. The van der Waals surface area contributed by atoms with E-state index in [1.165, 1.54) is 0 Å². The van der Waals surface area contributed by atoms with Crippen molar-refractivity contribution in [1.29, 1.82) is 0 Å². The third-order valence-electron chi connectivity index (χ3n) is 3.05. The van der Waals surface area contributed by atoms with Gasteiger partial charge in [0.25, 0.3) is 0 Å². The van der Waals surface area contributed by atoms with Crippen LogP contribution < -0.4 is 16.4 Å². The maximum atomic E-state index is 5.98. The first-order valence-corrected chi connectivity index (χ1v) is 5.74. The Morgan fingerprint density at radius 1 is 1.06 bits per heavy atom. The molecule has 1 aromatic rings. The second kappa shape index (κ2) is 4.39. The Hall–Kier alpha value is -1.13. The zero-order chi connectivity index (χ0) is 11.7. The summed E-state index contributed by atoms with van der Waals surface area (Å²) in [6.45, 7) is 4.04. The number of hydrogen-bond acceptors (Lipinski definition) is 4. The fourth-order valence-corrected chi connectivity index (χ4v) is 2.09. The van der Waals surface area contributed by atoms with E-state index in [0.717, 1.165) is 31.9 Å². The minimum atomic E-state index is 0.484. The lowest BCUT2D eigenvalue weighted by Crippen LogP contribution is -2.44. The van der Waals surface area contributed by atoms with Crippen molar-refractivity contribution in [2.45, 2.75) is 0 Å². The molecule has 1 aliphatic heterocycles. The van der Waals surface area contributed by atoms with Crippen molar-refractivity contribution < 1.29 is 0 Å². The minimum absolute atomic E-state index is 0.484. The second-order valence-electron chi connectivity index (χ2n) is 4.18. The number of hydrogen-bond donors (Lipinski definition) is 2. The van der Waals surface area contributed by atoms with Crippen molar-refractivity contribution in [3.05, 3.63) is 17.2 Å². The SMILES string of the molecule is CN1CCN(c2ccc(Cl)c(N)c2N)CC1. The molecule has 5 heteroatoms. The Kier molecular flexibility index (Phi) is 3.12. The fourth-order valence-electron chi connectivity index (χ4n) is 1.92. The second-order valence-corrected chi connectivity index (χ2v) is 4.59. The van der Waals surface area contributed by atoms with Gasteiger partial charge in [0.1, 0.15) is 0 Å². The predicted molar refractivity (Wildman–Crippen MR) is 70.0 cm³/mol. The number of anilines is 3. The van der Waals surface area contributed by atoms with Gasteiger partial charge in [0.15, 0.2) is 0 Å². The Bertz CT molecular complexity index is 386. The van der Waals surface area contributed by atoms with Gasteiger partial charge in [0.2, 0.25) is 0 Å². The van der Waals surface area contributed by atoms with Gasteiger partial charge in [0.05, 0.1) is 22.1 Å². The highest BCUT2D eigenvalue weighted by molar-refractivity contribution is 6.34. The molecule has 1 fully saturated rings. The molecule has 0 bridgehead atoms. The van der Waals surface area contributed by atoms with Gasteiger partial charge in [0, 0.05) is 26.2 Å². The molecule has 0 aromatic heterocycles. The molecular weight excluding hydrogens is 224 g/mol. The number of rotatable bonds is 1. The topological polar surface area (TPSA) is 58.5 Å². The van der Waals surface area contributed by atoms with Crippen LogP contribution in [0.4, 0.5) is 17.1 Å². The molecule has 0 aliphatic carbocycles. The average molecular weight is 241 g/mol. The molecule has 1 aromatic carbocycles. The lowest BCUT2D eigenvalue weighted by molar-refractivity contribution is 0.313. The number of nitrogens with zero attached hydrogens (tertiary/aromatic N) is 2. The molecule has 2 rings (SSSR count). The van der Waals surface area contributed by atoms with Crippen LogP contribution in [0.25, 0.3) is 0 Å². The van der Waals surface area contributed by atoms with E-state index in [2.05, 4.69) is 16.8 Å². The van der Waals surface area contributed by atoms with Crippen molar-refractivity contribution in [2.75, 3.05) is 49.6 Å². The third-order valence-corrected chi connectivity index (χ3v) is 3.38. The first kappa shape index (κ1) is 11.4. The first-order valence-electron chi connectivity index (χ1n) is 5.36. The molecular formula is C11H17ClN4. The van der Waals surface area contributed by atoms with Crippen molar-refractivity contribution in [1.82, 2.24) is 4.90 Å². The number of piperazine rings is 1. The quantitative estimate of drug-likeness (QED) is 0.726. The Labute approximate surface area is 101 Å². The maximum Gasteiger partial charge on any atom is 0.0800 e. The standard InChI is InChI=1S/C11H17ClN4/c1-15-4-6-16(7-5-15)9-3-2-8(12)10(13)11(9)14/h2-3H,4-7,13-14H2,1H3. The number of likely N-dealkylation sites (N-methyl/N-ethyl adjacent to an activating group) is 1. The summed E-state index contributed by atoms with van der Waals surface area (Å²) in [5.74, 6) is 0. The first-order chi connectivity index (χ1) is 7.59. The molecule has 4 N–H and O–H groups in total. The Balaban J connectivity index is 2.24. The molecule has 1 saturated heterocycles. The van der Waals surface area contributed by atoms with Gasteiger partial charge < -0.3 is 21.3 Å². The highest BCUT2D eigenvalue weighted by Gasteiger charge is 2.17. The molecule has 0 spiro atoms. The molecule has 0 saturated carbocycles. The van der Waals surface area contributed by atoms with Gasteiger partial charge in [-0.15, -0.1) is 0 Å². The van der Waals surface area contributed by atoms with Crippen LogP contribution in [-0.4, -0.2) is 38.1 Å². The van der Waals surface area contributed by atoms with Crippen LogP contribution in [0.15, 0.2) is 12.1 Å². The van der Waals surface area contributed by atoms with Crippen LogP contribution in [0, 0.1) is 0 Å². The van der Waals surface area contributed by atoms with Crippen LogP contribution in [0.5, 0.6) is 0 Å². The summed E-state index contributed by atoms with van der Waals surface area (Å²) in [6, 6.07) is 3.75. The summed E-state index contributed by atoms with van der Waals surface area (Å²) in [7, 11) is 2.12. The largest absolute Gasteiger partial charge is 0.396 e. The monoisotopic (exact) mass is 240 g/mol. The van der Waals surface area contributed by atoms with E-state index >= 15 is 0 Å². The maximum absolute atomic E-state index is 5.98. The zero-order valence-corrected chi connectivity index (χ0v) is 10.2. The molecule has 0 amide bonds. The highest BCUT2D eigenvalue weighted by Crippen LogP contribution is 2.34. The van der Waals surface area contributed by atoms with Crippen molar-refractivity contribution in [3.63, 3.8) is 0 Å². The average Bonchev–Trinajstić information content (AvgIpc) is 2.28. The van der Waals surface area contributed by atoms with E-state index in [4.69, 9.17) is 23.1 Å². The lowest BCUT2D eigenvalue weighted by Gasteiger charge is -2.34. The Morgan fingerprint density at radius 2 is 1.69 bits per heavy atom.